The molecule has 0 saturated heterocycles. The van der Waals surface area contributed by atoms with Crippen LogP contribution in [0.4, 0.5) is 18.9 Å². The lowest BCUT2D eigenvalue weighted by Gasteiger charge is -2.19. The van der Waals surface area contributed by atoms with E-state index in [2.05, 4.69) is 0 Å². The smallest absolute Gasteiger partial charge is 0.418 e. The minimum atomic E-state index is -4.73. The quantitative estimate of drug-likeness (QED) is 0.631. The summed E-state index contributed by atoms with van der Waals surface area (Å²) < 4.78 is 47.9. The van der Waals surface area contributed by atoms with Gasteiger partial charge in [-0.25, -0.2) is 0 Å². The number of pyridine rings is 1. The molecule has 1 aliphatic heterocycles. The van der Waals surface area contributed by atoms with Gasteiger partial charge in [0.15, 0.2) is 0 Å². The minimum absolute atomic E-state index is 0.000181. The number of ether oxygens (including phenoxy) is 1. The van der Waals surface area contributed by atoms with Gasteiger partial charge in [-0.2, -0.15) is 13.2 Å². The molecule has 1 unspecified atom stereocenters. The van der Waals surface area contributed by atoms with E-state index in [4.69, 9.17) is 10.5 Å². The summed E-state index contributed by atoms with van der Waals surface area (Å²) in [5.74, 6) is 0.714. The molecule has 1 aromatic heterocycles. The fourth-order valence-corrected chi connectivity index (χ4v) is 4.07. The van der Waals surface area contributed by atoms with Crippen LogP contribution in [0.15, 0.2) is 47.3 Å². The molecule has 1 atom stereocenters. The monoisotopic (exact) mass is 428 g/mol. The molecule has 2 aromatic carbocycles. The number of alkyl halides is 3. The van der Waals surface area contributed by atoms with Crippen LogP contribution in [0.1, 0.15) is 34.7 Å². The third kappa shape index (κ3) is 3.92. The van der Waals surface area contributed by atoms with Gasteiger partial charge in [0.1, 0.15) is 17.5 Å². The van der Waals surface area contributed by atoms with Crippen LogP contribution in [0.2, 0.25) is 0 Å². The van der Waals surface area contributed by atoms with E-state index in [9.17, 15) is 18.0 Å². The van der Waals surface area contributed by atoms with Crippen molar-refractivity contribution in [3.63, 3.8) is 0 Å². The van der Waals surface area contributed by atoms with Gasteiger partial charge in [-0.1, -0.05) is 23.8 Å². The van der Waals surface area contributed by atoms with E-state index in [0.29, 0.717) is 17.7 Å². The van der Waals surface area contributed by atoms with Crippen molar-refractivity contribution in [2.45, 2.75) is 46.0 Å². The Bertz CT molecular complexity index is 1230. The second kappa shape index (κ2) is 7.48. The normalized spacial score (nSPS) is 15.6. The van der Waals surface area contributed by atoms with Gasteiger partial charge in [0.05, 0.1) is 17.8 Å². The Morgan fingerprint density at radius 1 is 1.13 bits per heavy atom. The third-order valence-corrected chi connectivity index (χ3v) is 5.66. The van der Waals surface area contributed by atoms with Crippen molar-refractivity contribution in [3.8, 4) is 17.0 Å². The third-order valence-electron chi connectivity index (χ3n) is 5.66. The zero-order valence-electron chi connectivity index (χ0n) is 17.5. The first-order valence-electron chi connectivity index (χ1n) is 10.0. The summed E-state index contributed by atoms with van der Waals surface area (Å²) in [7, 11) is 0. The first-order valence-corrected chi connectivity index (χ1v) is 10.0. The van der Waals surface area contributed by atoms with Crippen molar-refractivity contribution >= 4 is 5.69 Å². The molecule has 4 rings (SSSR count). The fraction of sp³-hybridized carbons (Fsp3) is 0.292. The highest BCUT2D eigenvalue weighted by molar-refractivity contribution is 5.67. The van der Waals surface area contributed by atoms with Crippen LogP contribution in [-0.4, -0.2) is 10.7 Å². The number of fused-ring (bicyclic) bond motifs is 1. The van der Waals surface area contributed by atoms with Crippen LogP contribution in [0.25, 0.3) is 11.3 Å². The lowest BCUT2D eigenvalue weighted by Crippen LogP contribution is -2.29. The SMILES string of the molecule is Cc1ccc(Cn2c(-c3ccc4c(c3)CC(C)O4)cc(C(F)(F)F)c(N)c2=O)c(C)c1. The van der Waals surface area contributed by atoms with E-state index in [1.54, 1.807) is 18.2 Å². The van der Waals surface area contributed by atoms with Crippen molar-refractivity contribution < 1.29 is 17.9 Å². The van der Waals surface area contributed by atoms with Gasteiger partial charge in [-0.3, -0.25) is 4.79 Å². The first-order chi connectivity index (χ1) is 14.5. The summed E-state index contributed by atoms with van der Waals surface area (Å²) in [6.07, 6.45) is -4.07. The summed E-state index contributed by atoms with van der Waals surface area (Å²) >= 11 is 0. The standard InChI is InChI=1S/C24H23F3N2O2/c1-13-4-5-17(14(2)8-13)12-29-20(11-19(24(25,26)27)22(28)23(29)30)16-6-7-21-18(10-16)9-15(3)31-21/h4-8,10-11,15H,9,12,28H2,1-3H3. The number of aromatic nitrogens is 1. The second-order valence-corrected chi connectivity index (χ2v) is 8.13. The molecule has 0 radical (unpaired) electrons. The summed E-state index contributed by atoms with van der Waals surface area (Å²) in [4.78, 5) is 13.0. The Morgan fingerprint density at radius 2 is 1.87 bits per heavy atom. The van der Waals surface area contributed by atoms with Gasteiger partial charge >= 0.3 is 6.18 Å². The first kappa shape index (κ1) is 21.0. The Hall–Kier alpha value is -3.22. The van der Waals surface area contributed by atoms with Crippen molar-refractivity contribution in [1.29, 1.82) is 0 Å². The molecular formula is C24H23F3N2O2. The summed E-state index contributed by atoms with van der Waals surface area (Å²) in [5, 5.41) is 0. The number of hydrogen-bond donors (Lipinski definition) is 1. The number of aryl methyl sites for hydroxylation is 2. The van der Waals surface area contributed by atoms with Crippen LogP contribution < -0.4 is 16.0 Å². The topological polar surface area (TPSA) is 57.2 Å². The summed E-state index contributed by atoms with van der Waals surface area (Å²) in [6.45, 7) is 5.92. The molecule has 0 bridgehead atoms. The highest BCUT2D eigenvalue weighted by Gasteiger charge is 2.36. The molecule has 31 heavy (non-hydrogen) atoms. The second-order valence-electron chi connectivity index (χ2n) is 8.13. The summed E-state index contributed by atoms with van der Waals surface area (Å²) in [5.41, 5.74) is 7.36. The van der Waals surface area contributed by atoms with Gasteiger partial charge in [0, 0.05) is 6.42 Å². The van der Waals surface area contributed by atoms with Crippen molar-refractivity contribution in [2.75, 3.05) is 5.73 Å². The molecule has 0 spiro atoms. The zero-order chi connectivity index (χ0) is 22.5. The van der Waals surface area contributed by atoms with E-state index in [1.807, 2.05) is 39.0 Å². The average molecular weight is 428 g/mol. The highest BCUT2D eigenvalue weighted by atomic mass is 19.4. The number of halogens is 3. The largest absolute Gasteiger partial charge is 0.490 e. The molecule has 162 valence electrons. The number of nitrogen functional groups attached to an aromatic ring is 1. The van der Waals surface area contributed by atoms with Crippen molar-refractivity contribution in [3.05, 3.63) is 80.6 Å². The molecule has 0 fully saturated rings. The fourth-order valence-electron chi connectivity index (χ4n) is 4.07. The molecule has 4 nitrogen and oxygen atoms in total. The molecule has 2 heterocycles. The number of nitrogens with zero attached hydrogens (tertiary/aromatic N) is 1. The molecule has 1 aliphatic rings. The summed E-state index contributed by atoms with van der Waals surface area (Å²) in [6, 6.07) is 12.0. The highest BCUT2D eigenvalue weighted by Crippen LogP contribution is 2.37. The predicted octanol–water partition coefficient (Wildman–Crippen LogP) is 5.10. The zero-order valence-corrected chi connectivity index (χ0v) is 17.5. The number of anilines is 1. The molecular weight excluding hydrogens is 405 g/mol. The molecule has 0 aliphatic carbocycles. The van der Waals surface area contributed by atoms with E-state index < -0.39 is 23.0 Å². The van der Waals surface area contributed by atoms with Gasteiger partial charge in [0.2, 0.25) is 0 Å². The van der Waals surface area contributed by atoms with Gasteiger partial charge in [-0.05, 0) is 67.3 Å². The number of hydrogen-bond acceptors (Lipinski definition) is 3. The van der Waals surface area contributed by atoms with E-state index in [-0.39, 0.29) is 18.3 Å². The maximum absolute atomic E-state index is 13.6. The van der Waals surface area contributed by atoms with Gasteiger partial charge < -0.3 is 15.0 Å². The molecule has 0 amide bonds. The van der Waals surface area contributed by atoms with E-state index in [1.165, 1.54) is 4.57 Å². The Morgan fingerprint density at radius 3 is 2.55 bits per heavy atom. The predicted molar refractivity (Wildman–Crippen MR) is 114 cm³/mol. The van der Waals surface area contributed by atoms with Crippen LogP contribution in [0.5, 0.6) is 5.75 Å². The Labute approximate surface area is 178 Å². The Kier molecular flexibility index (Phi) is 5.07. The number of nitrogens with two attached hydrogens (primary N) is 1. The van der Waals surface area contributed by atoms with Crippen LogP contribution in [0.3, 0.4) is 0 Å². The van der Waals surface area contributed by atoms with Crippen molar-refractivity contribution in [1.82, 2.24) is 4.57 Å². The number of benzene rings is 2. The maximum atomic E-state index is 13.6. The van der Waals surface area contributed by atoms with Crippen LogP contribution in [-0.2, 0) is 19.1 Å². The lowest BCUT2D eigenvalue weighted by atomic mass is 10.0. The number of rotatable bonds is 3. The van der Waals surface area contributed by atoms with Crippen LogP contribution >= 0.6 is 0 Å². The molecule has 3 aromatic rings. The van der Waals surface area contributed by atoms with Gasteiger partial charge in [-0.15, -0.1) is 0 Å². The maximum Gasteiger partial charge on any atom is 0.418 e. The van der Waals surface area contributed by atoms with Crippen LogP contribution in [0, 0.1) is 13.8 Å². The molecule has 7 heteroatoms. The van der Waals surface area contributed by atoms with Crippen molar-refractivity contribution in [2.24, 2.45) is 0 Å². The van der Waals surface area contributed by atoms with E-state index >= 15 is 0 Å². The lowest BCUT2D eigenvalue weighted by molar-refractivity contribution is -0.137. The Balaban J connectivity index is 1.93. The molecule has 0 saturated carbocycles. The average Bonchev–Trinajstić information content (AvgIpc) is 3.05. The molecule has 2 N–H and O–H groups in total. The van der Waals surface area contributed by atoms with E-state index in [0.717, 1.165) is 28.3 Å². The minimum Gasteiger partial charge on any atom is -0.490 e. The van der Waals surface area contributed by atoms with Gasteiger partial charge in [0.25, 0.3) is 5.56 Å².